The average Bonchev–Trinajstić information content (AvgIpc) is 3.14. The van der Waals surface area contributed by atoms with Gasteiger partial charge in [0.15, 0.2) is 5.82 Å². The van der Waals surface area contributed by atoms with Crippen LogP contribution in [-0.4, -0.2) is 23.4 Å². The van der Waals surface area contributed by atoms with Crippen LogP contribution in [0.25, 0.3) is 0 Å². The Labute approximate surface area is 117 Å². The molecule has 1 aromatic carbocycles. The van der Waals surface area contributed by atoms with E-state index in [0.717, 1.165) is 38.3 Å². The Kier molecular flexibility index (Phi) is 2.92. The number of aromatic nitrogens is 2. The van der Waals surface area contributed by atoms with Gasteiger partial charge in [-0.3, -0.25) is 0 Å². The van der Waals surface area contributed by atoms with Crippen LogP contribution < -0.4 is 5.32 Å². The maximum absolute atomic E-state index is 5.47. The third-order valence-corrected chi connectivity index (χ3v) is 4.11. The molecule has 5 heteroatoms. The van der Waals surface area contributed by atoms with Gasteiger partial charge in [-0.05, 0) is 24.5 Å². The topological polar surface area (TPSA) is 60.2 Å². The van der Waals surface area contributed by atoms with Crippen LogP contribution in [0.5, 0.6) is 0 Å². The Hall–Kier alpha value is -1.88. The zero-order chi connectivity index (χ0) is 13.4. The molecule has 0 spiro atoms. The molecule has 1 saturated heterocycles. The highest BCUT2D eigenvalue weighted by Crippen LogP contribution is 2.34. The fourth-order valence-electron chi connectivity index (χ4n) is 2.96. The van der Waals surface area contributed by atoms with Gasteiger partial charge < -0.3 is 14.6 Å². The lowest BCUT2D eigenvalue weighted by atomic mass is 10.00. The van der Waals surface area contributed by atoms with Crippen LogP contribution >= 0.6 is 0 Å². The molecule has 5 nitrogen and oxygen atoms in total. The molecular formula is C15H17N3O2. The van der Waals surface area contributed by atoms with E-state index in [-0.39, 0.29) is 6.04 Å². The minimum atomic E-state index is 0.105. The van der Waals surface area contributed by atoms with Crippen molar-refractivity contribution in [2.24, 2.45) is 0 Å². The van der Waals surface area contributed by atoms with E-state index in [1.54, 1.807) is 0 Å². The Morgan fingerprint density at radius 3 is 2.85 bits per heavy atom. The van der Waals surface area contributed by atoms with Gasteiger partial charge in [-0.2, -0.15) is 4.98 Å². The van der Waals surface area contributed by atoms with E-state index in [9.17, 15) is 0 Å². The van der Waals surface area contributed by atoms with Crippen LogP contribution in [0, 0.1) is 0 Å². The standard InChI is InChI=1S/C15H17N3O2/c1-2-4-12-11(3-1)9-13(16-12)15-17-14(18-20-15)10-5-7-19-8-6-10/h1-4,10,13,16H,5-9H2/t13-/m0/s1. The summed E-state index contributed by atoms with van der Waals surface area (Å²) in [7, 11) is 0. The smallest absolute Gasteiger partial charge is 0.249 e. The van der Waals surface area contributed by atoms with Crippen LogP contribution in [0.2, 0.25) is 0 Å². The summed E-state index contributed by atoms with van der Waals surface area (Å²) in [4.78, 5) is 4.60. The van der Waals surface area contributed by atoms with Crippen molar-refractivity contribution in [2.75, 3.05) is 18.5 Å². The molecule has 0 radical (unpaired) electrons. The number of nitrogens with zero attached hydrogens (tertiary/aromatic N) is 2. The molecule has 0 saturated carbocycles. The van der Waals surface area contributed by atoms with E-state index < -0.39 is 0 Å². The van der Waals surface area contributed by atoms with Crippen molar-refractivity contribution in [1.82, 2.24) is 10.1 Å². The predicted octanol–water partition coefficient (Wildman–Crippen LogP) is 2.67. The number of para-hydroxylation sites is 1. The monoisotopic (exact) mass is 271 g/mol. The number of anilines is 1. The summed E-state index contributed by atoms with van der Waals surface area (Å²) in [5, 5.41) is 7.61. The number of nitrogens with one attached hydrogen (secondary N) is 1. The number of hydrogen-bond donors (Lipinski definition) is 1. The molecule has 0 bridgehead atoms. The van der Waals surface area contributed by atoms with Crippen LogP contribution in [0.4, 0.5) is 5.69 Å². The molecule has 1 atom stereocenters. The van der Waals surface area contributed by atoms with Crippen molar-refractivity contribution in [1.29, 1.82) is 0 Å². The fourth-order valence-corrected chi connectivity index (χ4v) is 2.96. The molecule has 0 unspecified atom stereocenters. The quantitative estimate of drug-likeness (QED) is 0.910. The Balaban J connectivity index is 1.52. The summed E-state index contributed by atoms with van der Waals surface area (Å²) in [6, 6.07) is 8.43. The first kappa shape index (κ1) is 11.9. The summed E-state index contributed by atoms with van der Waals surface area (Å²) < 4.78 is 10.8. The Morgan fingerprint density at radius 2 is 2.00 bits per heavy atom. The molecule has 2 aliphatic rings. The highest BCUT2D eigenvalue weighted by Gasteiger charge is 2.28. The second-order valence-corrected chi connectivity index (χ2v) is 5.44. The first-order valence-electron chi connectivity index (χ1n) is 7.16. The average molecular weight is 271 g/mol. The third kappa shape index (κ3) is 2.08. The molecule has 4 rings (SSSR count). The second kappa shape index (κ2) is 4.90. The molecule has 1 fully saturated rings. The van der Waals surface area contributed by atoms with E-state index in [1.165, 1.54) is 11.3 Å². The zero-order valence-corrected chi connectivity index (χ0v) is 11.2. The normalized spacial score (nSPS) is 22.5. The van der Waals surface area contributed by atoms with Gasteiger partial charge in [0.25, 0.3) is 0 Å². The molecule has 1 aromatic heterocycles. The van der Waals surface area contributed by atoms with Crippen LogP contribution in [0.1, 0.15) is 42.1 Å². The lowest BCUT2D eigenvalue weighted by molar-refractivity contribution is 0.0830. The van der Waals surface area contributed by atoms with Crippen molar-refractivity contribution in [3.63, 3.8) is 0 Å². The molecule has 1 N–H and O–H groups in total. The van der Waals surface area contributed by atoms with E-state index in [1.807, 2.05) is 6.07 Å². The number of hydrogen-bond acceptors (Lipinski definition) is 5. The van der Waals surface area contributed by atoms with Gasteiger partial charge in [0, 0.05) is 31.2 Å². The van der Waals surface area contributed by atoms with Gasteiger partial charge in [0.05, 0.1) is 0 Å². The first-order valence-corrected chi connectivity index (χ1v) is 7.16. The second-order valence-electron chi connectivity index (χ2n) is 5.44. The lowest BCUT2D eigenvalue weighted by Gasteiger charge is -2.18. The third-order valence-electron chi connectivity index (χ3n) is 4.11. The highest BCUT2D eigenvalue weighted by molar-refractivity contribution is 5.56. The Morgan fingerprint density at radius 1 is 1.15 bits per heavy atom. The summed E-state index contributed by atoms with van der Waals surface area (Å²) in [6.07, 6.45) is 2.88. The molecule has 0 amide bonds. The SMILES string of the molecule is c1ccc2c(c1)C[C@@H](c1nc(C3CCOCC3)no1)N2. The molecule has 2 aliphatic heterocycles. The minimum Gasteiger partial charge on any atom is -0.381 e. The van der Waals surface area contributed by atoms with Gasteiger partial charge in [0.1, 0.15) is 6.04 Å². The summed E-state index contributed by atoms with van der Waals surface area (Å²) in [6.45, 7) is 1.59. The van der Waals surface area contributed by atoms with Gasteiger partial charge in [-0.15, -0.1) is 0 Å². The molecule has 0 aliphatic carbocycles. The number of rotatable bonds is 2. The van der Waals surface area contributed by atoms with Gasteiger partial charge in [0.2, 0.25) is 5.89 Å². The predicted molar refractivity (Wildman–Crippen MR) is 73.6 cm³/mol. The zero-order valence-electron chi connectivity index (χ0n) is 11.2. The van der Waals surface area contributed by atoms with Crippen molar-refractivity contribution >= 4 is 5.69 Å². The number of fused-ring (bicyclic) bond motifs is 1. The lowest BCUT2D eigenvalue weighted by Crippen LogP contribution is -2.15. The fraction of sp³-hybridized carbons (Fsp3) is 0.467. The Bertz CT molecular complexity index is 580. The largest absolute Gasteiger partial charge is 0.381 e. The maximum Gasteiger partial charge on any atom is 0.249 e. The minimum absolute atomic E-state index is 0.105. The van der Waals surface area contributed by atoms with Crippen LogP contribution in [0.15, 0.2) is 28.8 Å². The maximum atomic E-state index is 5.47. The summed E-state index contributed by atoms with van der Waals surface area (Å²) >= 11 is 0. The van der Waals surface area contributed by atoms with Crippen molar-refractivity contribution in [2.45, 2.75) is 31.2 Å². The first-order chi connectivity index (χ1) is 9.90. The summed E-state index contributed by atoms with van der Waals surface area (Å²) in [5.41, 5.74) is 2.48. The van der Waals surface area contributed by atoms with E-state index in [0.29, 0.717) is 11.8 Å². The van der Waals surface area contributed by atoms with Crippen molar-refractivity contribution in [3.8, 4) is 0 Å². The number of ether oxygens (including phenoxy) is 1. The number of benzene rings is 1. The van der Waals surface area contributed by atoms with Gasteiger partial charge >= 0.3 is 0 Å². The molecule has 20 heavy (non-hydrogen) atoms. The highest BCUT2D eigenvalue weighted by atomic mass is 16.5. The van der Waals surface area contributed by atoms with Crippen LogP contribution in [0.3, 0.4) is 0 Å². The molecular weight excluding hydrogens is 254 g/mol. The van der Waals surface area contributed by atoms with Gasteiger partial charge in [-0.1, -0.05) is 23.4 Å². The van der Waals surface area contributed by atoms with E-state index in [4.69, 9.17) is 9.26 Å². The van der Waals surface area contributed by atoms with Gasteiger partial charge in [-0.25, -0.2) is 0 Å². The van der Waals surface area contributed by atoms with Crippen molar-refractivity contribution in [3.05, 3.63) is 41.5 Å². The molecule has 3 heterocycles. The van der Waals surface area contributed by atoms with E-state index >= 15 is 0 Å². The summed E-state index contributed by atoms with van der Waals surface area (Å²) in [5.74, 6) is 1.91. The van der Waals surface area contributed by atoms with Crippen molar-refractivity contribution < 1.29 is 9.26 Å². The molecule has 104 valence electrons. The van der Waals surface area contributed by atoms with Crippen LogP contribution in [-0.2, 0) is 11.2 Å². The molecule has 2 aromatic rings. The van der Waals surface area contributed by atoms with E-state index in [2.05, 4.69) is 33.7 Å².